The van der Waals surface area contributed by atoms with Crippen LogP contribution in [0.4, 0.5) is 11.4 Å². The van der Waals surface area contributed by atoms with Crippen LogP contribution in [0.15, 0.2) is 54.6 Å². The highest BCUT2D eigenvalue weighted by Crippen LogP contribution is 2.25. The molecule has 0 amide bonds. The highest BCUT2D eigenvalue weighted by atomic mass is 16.1. The molecule has 0 aliphatic carbocycles. The second kappa shape index (κ2) is 6.74. The van der Waals surface area contributed by atoms with Gasteiger partial charge in [-0.3, -0.25) is 4.79 Å². The van der Waals surface area contributed by atoms with E-state index in [0.717, 1.165) is 31.4 Å². The zero-order chi connectivity index (χ0) is 13.5. The number of nitrogens with zero attached hydrogens (tertiary/aromatic N) is 1. The molecule has 0 bridgehead atoms. The second-order valence-electron chi connectivity index (χ2n) is 4.55. The topological polar surface area (TPSA) is 20.3 Å². The minimum atomic E-state index is 0.715. The third-order valence-electron chi connectivity index (χ3n) is 3.14. The van der Waals surface area contributed by atoms with Gasteiger partial charge >= 0.3 is 0 Å². The summed E-state index contributed by atoms with van der Waals surface area (Å²) in [5.74, 6) is 0. The highest BCUT2D eigenvalue weighted by molar-refractivity contribution is 5.76. The van der Waals surface area contributed by atoms with Crippen molar-refractivity contribution in [1.29, 1.82) is 0 Å². The first-order valence-electron chi connectivity index (χ1n) is 6.73. The number of hydrogen-bond donors (Lipinski definition) is 0. The molecule has 0 spiro atoms. The molecule has 2 aromatic carbocycles. The lowest BCUT2D eigenvalue weighted by Gasteiger charge is -2.25. The van der Waals surface area contributed by atoms with Crippen molar-refractivity contribution in [2.24, 2.45) is 0 Å². The summed E-state index contributed by atoms with van der Waals surface area (Å²) in [6, 6.07) is 18.1. The molecule has 2 rings (SSSR count). The summed E-state index contributed by atoms with van der Waals surface area (Å²) < 4.78 is 0. The number of para-hydroxylation sites is 1. The zero-order valence-corrected chi connectivity index (χ0v) is 11.3. The normalized spacial score (nSPS) is 10.2. The van der Waals surface area contributed by atoms with Crippen molar-refractivity contribution in [3.63, 3.8) is 0 Å². The summed E-state index contributed by atoms with van der Waals surface area (Å²) >= 11 is 0. The van der Waals surface area contributed by atoms with E-state index < -0.39 is 0 Å². The Bertz CT molecular complexity index is 505. The van der Waals surface area contributed by atoms with Gasteiger partial charge in [0.25, 0.3) is 0 Å². The van der Waals surface area contributed by atoms with Gasteiger partial charge in [0.15, 0.2) is 0 Å². The molecule has 0 aliphatic rings. The SMILES string of the molecule is CCCCN(c1ccccc1)c1ccc(C=O)cc1. The number of carbonyl (C=O) groups is 1. The summed E-state index contributed by atoms with van der Waals surface area (Å²) in [6.45, 7) is 3.18. The Balaban J connectivity index is 2.28. The van der Waals surface area contributed by atoms with Crippen LogP contribution >= 0.6 is 0 Å². The minimum Gasteiger partial charge on any atom is -0.341 e. The first-order valence-corrected chi connectivity index (χ1v) is 6.73. The largest absolute Gasteiger partial charge is 0.341 e. The van der Waals surface area contributed by atoms with Crippen LogP contribution in [0.5, 0.6) is 0 Å². The fourth-order valence-electron chi connectivity index (χ4n) is 2.06. The van der Waals surface area contributed by atoms with E-state index in [1.165, 1.54) is 5.69 Å². The number of aldehydes is 1. The first kappa shape index (κ1) is 13.3. The van der Waals surface area contributed by atoms with Crippen LogP contribution in [-0.4, -0.2) is 12.8 Å². The lowest BCUT2D eigenvalue weighted by Crippen LogP contribution is -2.18. The molecule has 0 radical (unpaired) electrons. The maximum absolute atomic E-state index is 10.7. The molecule has 0 atom stereocenters. The Morgan fingerprint density at radius 1 is 0.947 bits per heavy atom. The molecule has 0 N–H and O–H groups in total. The number of benzene rings is 2. The number of hydrogen-bond acceptors (Lipinski definition) is 2. The number of anilines is 2. The van der Waals surface area contributed by atoms with Crippen LogP contribution < -0.4 is 4.90 Å². The monoisotopic (exact) mass is 253 g/mol. The first-order chi connectivity index (χ1) is 9.35. The predicted molar refractivity (Wildman–Crippen MR) is 80.2 cm³/mol. The van der Waals surface area contributed by atoms with Gasteiger partial charge in [0.2, 0.25) is 0 Å². The smallest absolute Gasteiger partial charge is 0.150 e. The molecule has 98 valence electrons. The Morgan fingerprint density at radius 3 is 2.16 bits per heavy atom. The average Bonchev–Trinajstić information content (AvgIpc) is 2.49. The molecular formula is C17H19NO. The van der Waals surface area contributed by atoms with Crippen molar-refractivity contribution in [1.82, 2.24) is 0 Å². The van der Waals surface area contributed by atoms with Gasteiger partial charge in [-0.1, -0.05) is 31.5 Å². The molecule has 0 aromatic heterocycles. The van der Waals surface area contributed by atoms with Crippen molar-refractivity contribution < 1.29 is 4.79 Å². The molecule has 0 heterocycles. The minimum absolute atomic E-state index is 0.715. The number of rotatable bonds is 6. The maximum Gasteiger partial charge on any atom is 0.150 e. The average molecular weight is 253 g/mol. The van der Waals surface area contributed by atoms with E-state index in [-0.39, 0.29) is 0 Å². The van der Waals surface area contributed by atoms with Crippen molar-refractivity contribution in [3.05, 3.63) is 60.2 Å². The van der Waals surface area contributed by atoms with Crippen LogP contribution in [0.1, 0.15) is 30.1 Å². The van der Waals surface area contributed by atoms with Gasteiger partial charge in [-0.15, -0.1) is 0 Å². The van der Waals surface area contributed by atoms with Gasteiger partial charge in [0.1, 0.15) is 6.29 Å². The standard InChI is InChI=1S/C17H19NO/c1-2-3-13-18(16-7-5-4-6-8-16)17-11-9-15(14-19)10-12-17/h4-12,14H,2-3,13H2,1H3. The summed E-state index contributed by atoms with van der Waals surface area (Å²) in [7, 11) is 0. The number of unbranched alkanes of at least 4 members (excludes halogenated alkanes) is 1. The fraction of sp³-hybridized carbons (Fsp3) is 0.235. The Hall–Kier alpha value is -2.09. The van der Waals surface area contributed by atoms with Crippen molar-refractivity contribution >= 4 is 17.7 Å². The van der Waals surface area contributed by atoms with Crippen molar-refractivity contribution in [2.45, 2.75) is 19.8 Å². The Morgan fingerprint density at radius 2 is 1.58 bits per heavy atom. The third kappa shape index (κ3) is 3.44. The second-order valence-corrected chi connectivity index (χ2v) is 4.55. The van der Waals surface area contributed by atoms with E-state index >= 15 is 0 Å². The fourth-order valence-corrected chi connectivity index (χ4v) is 2.06. The van der Waals surface area contributed by atoms with Crippen molar-refractivity contribution in [3.8, 4) is 0 Å². The predicted octanol–water partition coefficient (Wildman–Crippen LogP) is 4.44. The molecule has 0 unspecified atom stereocenters. The zero-order valence-electron chi connectivity index (χ0n) is 11.3. The van der Waals surface area contributed by atoms with Crippen LogP contribution in [0.2, 0.25) is 0 Å². The van der Waals surface area contributed by atoms with E-state index in [2.05, 4.69) is 24.0 Å². The summed E-state index contributed by atoms with van der Waals surface area (Å²) in [5.41, 5.74) is 3.03. The number of carbonyl (C=O) groups excluding carboxylic acids is 1. The van der Waals surface area contributed by atoms with Gasteiger partial charge in [0.05, 0.1) is 0 Å². The molecule has 19 heavy (non-hydrogen) atoms. The van der Waals surface area contributed by atoms with E-state index in [9.17, 15) is 4.79 Å². The summed E-state index contributed by atoms with van der Waals surface area (Å²) in [4.78, 5) is 13.0. The van der Waals surface area contributed by atoms with Crippen LogP contribution in [0.25, 0.3) is 0 Å². The van der Waals surface area contributed by atoms with E-state index in [1.54, 1.807) is 0 Å². The van der Waals surface area contributed by atoms with E-state index in [1.807, 2.05) is 42.5 Å². The molecule has 0 saturated heterocycles. The lowest BCUT2D eigenvalue weighted by molar-refractivity contribution is 0.112. The molecule has 0 fully saturated rings. The van der Waals surface area contributed by atoms with Gasteiger partial charge in [-0.05, 0) is 42.8 Å². The quantitative estimate of drug-likeness (QED) is 0.709. The highest BCUT2D eigenvalue weighted by Gasteiger charge is 2.08. The van der Waals surface area contributed by atoms with Crippen LogP contribution in [0, 0.1) is 0 Å². The third-order valence-corrected chi connectivity index (χ3v) is 3.14. The van der Waals surface area contributed by atoms with Gasteiger partial charge in [-0.2, -0.15) is 0 Å². The maximum atomic E-state index is 10.7. The van der Waals surface area contributed by atoms with Crippen LogP contribution in [0.3, 0.4) is 0 Å². The molecule has 0 aliphatic heterocycles. The molecular weight excluding hydrogens is 234 g/mol. The molecule has 0 saturated carbocycles. The summed E-state index contributed by atoms with van der Waals surface area (Å²) in [6.07, 6.45) is 3.18. The summed E-state index contributed by atoms with van der Waals surface area (Å²) in [5, 5.41) is 0. The van der Waals surface area contributed by atoms with E-state index in [4.69, 9.17) is 0 Å². The molecule has 2 heteroatoms. The van der Waals surface area contributed by atoms with E-state index in [0.29, 0.717) is 5.56 Å². The Kier molecular flexibility index (Phi) is 4.73. The lowest BCUT2D eigenvalue weighted by atomic mass is 10.1. The Labute approximate surface area is 114 Å². The molecule has 2 nitrogen and oxygen atoms in total. The van der Waals surface area contributed by atoms with Gasteiger partial charge in [0, 0.05) is 23.5 Å². The van der Waals surface area contributed by atoms with Gasteiger partial charge < -0.3 is 4.90 Å². The molecule has 2 aromatic rings. The van der Waals surface area contributed by atoms with Gasteiger partial charge in [-0.25, -0.2) is 0 Å². The van der Waals surface area contributed by atoms with Crippen molar-refractivity contribution in [2.75, 3.05) is 11.4 Å². The van der Waals surface area contributed by atoms with Crippen LogP contribution in [-0.2, 0) is 0 Å².